The predicted molar refractivity (Wildman–Crippen MR) is 176 cm³/mol. The summed E-state index contributed by atoms with van der Waals surface area (Å²) in [5.74, 6) is 0. The molecular weight excluding hydrogens is 529 g/mol. The van der Waals surface area contributed by atoms with Crippen LogP contribution >= 0.6 is 34.0 Å². The van der Waals surface area contributed by atoms with Crippen LogP contribution in [-0.2, 0) is 0 Å². The molecule has 0 N–H and O–H groups in total. The maximum atomic E-state index is 2.27. The monoisotopic (exact) mass is 556 g/mol. The number of fused-ring (bicyclic) bond motifs is 3. The van der Waals surface area contributed by atoms with Gasteiger partial charge in [0.05, 0.1) is 18.8 Å². The lowest BCUT2D eigenvalue weighted by Crippen LogP contribution is -1.88. The van der Waals surface area contributed by atoms with Crippen LogP contribution in [0.5, 0.6) is 0 Å². The highest BCUT2D eigenvalue weighted by Gasteiger charge is 2.27. The molecule has 190 valence electrons. The summed E-state index contributed by atoms with van der Waals surface area (Å²) in [7, 11) is 0. The van der Waals surface area contributed by atoms with Gasteiger partial charge in [0.25, 0.3) is 0 Å². The zero-order valence-corrected chi connectivity index (χ0v) is 24.9. The van der Waals surface area contributed by atoms with E-state index in [9.17, 15) is 0 Å². The van der Waals surface area contributed by atoms with Crippen LogP contribution in [0.15, 0.2) is 97.1 Å². The van der Waals surface area contributed by atoms with E-state index in [1.165, 1.54) is 84.2 Å². The molecular formula is C36H28S3. The topological polar surface area (TPSA) is 0 Å². The third kappa shape index (κ3) is 3.91. The van der Waals surface area contributed by atoms with Gasteiger partial charge in [0.15, 0.2) is 0 Å². The molecule has 3 heterocycles. The van der Waals surface area contributed by atoms with Crippen LogP contribution < -0.4 is 0 Å². The lowest BCUT2D eigenvalue weighted by atomic mass is 9.96. The molecule has 0 nitrogen and oxygen atoms in total. The Morgan fingerprint density at radius 3 is 1.05 bits per heavy atom. The molecule has 0 aliphatic rings. The highest BCUT2D eigenvalue weighted by atomic mass is 32.1. The molecule has 0 bridgehead atoms. The quantitative estimate of drug-likeness (QED) is 0.202. The zero-order valence-electron chi connectivity index (χ0n) is 22.5. The van der Waals surface area contributed by atoms with Gasteiger partial charge in [0.2, 0.25) is 0 Å². The van der Waals surface area contributed by atoms with Crippen LogP contribution in [0.1, 0.15) is 22.3 Å². The van der Waals surface area contributed by atoms with Crippen molar-refractivity contribution in [2.45, 2.75) is 27.7 Å². The molecule has 0 aliphatic heterocycles. The van der Waals surface area contributed by atoms with Gasteiger partial charge in [0.1, 0.15) is 0 Å². The first-order valence-corrected chi connectivity index (χ1v) is 15.7. The molecule has 0 spiro atoms. The fourth-order valence-corrected chi connectivity index (χ4v) is 10.8. The van der Waals surface area contributed by atoms with Gasteiger partial charge in [-0.1, -0.05) is 97.1 Å². The van der Waals surface area contributed by atoms with Crippen molar-refractivity contribution in [3.05, 3.63) is 119 Å². The van der Waals surface area contributed by atoms with Crippen molar-refractivity contribution in [3.8, 4) is 43.1 Å². The van der Waals surface area contributed by atoms with Crippen LogP contribution in [0, 0.1) is 27.7 Å². The maximum Gasteiger partial charge on any atom is 0.0642 e. The number of hydrogen-bond donors (Lipinski definition) is 0. The molecule has 7 rings (SSSR count). The second-order valence-corrected chi connectivity index (χ2v) is 13.4. The minimum atomic E-state index is 1.30. The lowest BCUT2D eigenvalue weighted by Gasteiger charge is -2.12. The summed E-state index contributed by atoms with van der Waals surface area (Å²) in [5.41, 5.74) is 13.5. The molecule has 0 unspecified atom stereocenters. The minimum absolute atomic E-state index is 1.30. The Labute approximate surface area is 241 Å². The van der Waals surface area contributed by atoms with E-state index in [4.69, 9.17) is 0 Å². The van der Waals surface area contributed by atoms with Crippen molar-refractivity contribution in [1.29, 1.82) is 0 Å². The number of thiophene rings is 3. The van der Waals surface area contributed by atoms with E-state index in [1.54, 1.807) is 0 Å². The first-order valence-electron chi connectivity index (χ1n) is 13.3. The number of aryl methyl sites for hydroxylation is 4. The van der Waals surface area contributed by atoms with Gasteiger partial charge in [-0.2, -0.15) is 0 Å². The average molecular weight is 557 g/mol. The smallest absolute Gasteiger partial charge is 0.0642 e. The van der Waals surface area contributed by atoms with E-state index in [-0.39, 0.29) is 0 Å². The number of hydrogen-bond acceptors (Lipinski definition) is 3. The Morgan fingerprint density at radius 1 is 0.333 bits per heavy atom. The van der Waals surface area contributed by atoms with Crippen molar-refractivity contribution >= 4 is 52.8 Å². The predicted octanol–water partition coefficient (Wildman–Crippen LogP) is 12.1. The average Bonchev–Trinajstić information content (AvgIpc) is 3.58. The van der Waals surface area contributed by atoms with Crippen LogP contribution in [0.2, 0.25) is 0 Å². The van der Waals surface area contributed by atoms with Gasteiger partial charge in [-0.05, 0) is 72.2 Å². The summed E-state index contributed by atoms with van der Waals surface area (Å²) < 4.78 is 5.67. The first-order chi connectivity index (χ1) is 19.0. The minimum Gasteiger partial charge on any atom is -0.132 e. The molecule has 0 aliphatic carbocycles. The molecule has 0 radical (unpaired) electrons. The van der Waals surface area contributed by atoms with E-state index in [0.717, 1.165) is 0 Å². The van der Waals surface area contributed by atoms with E-state index >= 15 is 0 Å². The molecule has 39 heavy (non-hydrogen) atoms. The van der Waals surface area contributed by atoms with Gasteiger partial charge in [-0.15, -0.1) is 34.0 Å². The van der Waals surface area contributed by atoms with Crippen LogP contribution in [0.3, 0.4) is 0 Å². The van der Waals surface area contributed by atoms with Gasteiger partial charge >= 0.3 is 0 Å². The molecule has 0 amide bonds. The van der Waals surface area contributed by atoms with Crippen molar-refractivity contribution < 1.29 is 0 Å². The lowest BCUT2D eigenvalue weighted by molar-refractivity contribution is 1.39. The second-order valence-electron chi connectivity index (χ2n) is 10.3. The van der Waals surface area contributed by atoms with Gasteiger partial charge in [0, 0.05) is 20.9 Å². The summed E-state index contributed by atoms with van der Waals surface area (Å²) in [5, 5.41) is 0. The highest BCUT2D eigenvalue weighted by molar-refractivity contribution is 7.41. The Hall–Kier alpha value is -3.50. The van der Waals surface area contributed by atoms with Gasteiger partial charge in [-0.3, -0.25) is 0 Å². The third-order valence-electron chi connectivity index (χ3n) is 7.68. The van der Waals surface area contributed by atoms with Crippen molar-refractivity contribution in [1.82, 2.24) is 0 Å². The fraction of sp³-hybridized carbons (Fsp3) is 0.111. The Bertz CT molecular complexity index is 1800. The van der Waals surface area contributed by atoms with E-state index in [0.29, 0.717) is 0 Å². The Kier molecular flexibility index (Phi) is 6.04. The first kappa shape index (κ1) is 24.5. The molecule has 3 heteroatoms. The normalized spacial score (nSPS) is 11.6. The van der Waals surface area contributed by atoms with E-state index in [2.05, 4.69) is 125 Å². The van der Waals surface area contributed by atoms with Crippen LogP contribution in [0.4, 0.5) is 0 Å². The maximum absolute atomic E-state index is 2.27. The summed E-state index contributed by atoms with van der Waals surface area (Å²) in [6.45, 7) is 8.99. The summed E-state index contributed by atoms with van der Waals surface area (Å²) in [6, 6.07) is 35.3. The highest BCUT2D eigenvalue weighted by Crippen LogP contribution is 2.58. The summed E-state index contributed by atoms with van der Waals surface area (Å²) >= 11 is 5.94. The van der Waals surface area contributed by atoms with Crippen molar-refractivity contribution in [2.75, 3.05) is 0 Å². The fourth-order valence-electron chi connectivity index (χ4n) is 5.86. The standard InChI is InChI=1S/C36H28S3/c1-21-13-11-14-22(2)27(21)31-29(25-17-7-5-8-18-25)33-35(37-31)36-34(39-33)30(26-19-9-6-10-20-26)32(38-36)28-23(3)15-12-16-24(28)4/h5-20H,1-4H3. The molecule has 0 saturated heterocycles. The van der Waals surface area contributed by atoms with Gasteiger partial charge in [-0.25, -0.2) is 0 Å². The van der Waals surface area contributed by atoms with Gasteiger partial charge < -0.3 is 0 Å². The number of rotatable bonds is 4. The molecule has 0 atom stereocenters. The molecule has 0 saturated carbocycles. The SMILES string of the molecule is Cc1cccc(C)c1-c1sc2c(sc3c(-c4ccccc4)c(-c4c(C)cccc4C)sc32)c1-c1ccccc1. The van der Waals surface area contributed by atoms with E-state index < -0.39 is 0 Å². The van der Waals surface area contributed by atoms with Crippen molar-refractivity contribution in [2.24, 2.45) is 0 Å². The Balaban J connectivity index is 1.62. The summed E-state index contributed by atoms with van der Waals surface area (Å²) in [6.07, 6.45) is 0. The molecule has 3 aromatic heterocycles. The molecule has 7 aromatic rings. The van der Waals surface area contributed by atoms with E-state index in [1.807, 2.05) is 34.0 Å². The largest absolute Gasteiger partial charge is 0.132 e. The third-order valence-corrected chi connectivity index (χ3v) is 11.7. The zero-order chi connectivity index (χ0) is 26.7. The Morgan fingerprint density at radius 2 is 0.692 bits per heavy atom. The van der Waals surface area contributed by atoms with Crippen molar-refractivity contribution in [3.63, 3.8) is 0 Å². The molecule has 0 fully saturated rings. The second kappa shape index (κ2) is 9.60. The molecule has 4 aromatic carbocycles. The number of benzene rings is 4. The van der Waals surface area contributed by atoms with Crippen LogP contribution in [0.25, 0.3) is 61.9 Å². The van der Waals surface area contributed by atoms with Crippen LogP contribution in [-0.4, -0.2) is 0 Å². The summed E-state index contributed by atoms with van der Waals surface area (Å²) in [4.78, 5) is 2.78.